The molecule has 11 aromatic heterocycles. The summed E-state index contributed by atoms with van der Waals surface area (Å²) in [6.45, 7) is 28.9. The smallest absolute Gasteiger partial charge is 0.0993 e. The first-order valence-corrected chi connectivity index (χ1v) is 24.1. The van der Waals surface area contributed by atoms with Crippen LogP contribution in [-0.2, 0) is 77.0 Å². The summed E-state index contributed by atoms with van der Waals surface area (Å²) in [5.41, 5.74) is 41.4. The summed E-state index contributed by atoms with van der Waals surface area (Å²) >= 11 is 0. The van der Waals surface area contributed by atoms with Crippen LogP contribution in [0.15, 0.2) is 12.4 Å². The number of aryl methyl sites for hydroxylation is 12. The van der Waals surface area contributed by atoms with Gasteiger partial charge >= 0.3 is 0 Å². The second-order valence-corrected chi connectivity index (χ2v) is 18.0. The summed E-state index contributed by atoms with van der Waals surface area (Å²) in [4.78, 5) is 0. The van der Waals surface area contributed by atoms with E-state index in [-0.39, 0.29) is 0 Å². The second-order valence-electron chi connectivity index (χ2n) is 18.0. The van der Waals surface area contributed by atoms with E-state index in [1.165, 1.54) is 111 Å². The van der Waals surface area contributed by atoms with Gasteiger partial charge in [-0.2, -0.15) is 0 Å². The standard InChI is InChI=1S/C54H62N6/c1-13-27-25-55-39(29(27)15-3)41-31(17-5)33(19-7)43-45-35(21-9)37(23-11)47-48-38(24-12)36(22-10)46-44-34(20-8)32(18-6)42-40-30(16-4)28(14-2)26-56(40)50-49(55)51(57(41)43)53(59(45)47)54(60(46)48)52(50)58(42)44/h25-26H,13-24H2,1-12H3. The minimum absolute atomic E-state index is 1.02. The summed E-state index contributed by atoms with van der Waals surface area (Å²) in [7, 11) is 0. The van der Waals surface area contributed by atoms with Crippen LogP contribution in [0.25, 0.3) is 88.3 Å². The fourth-order valence-electron chi connectivity index (χ4n) is 14.0. The van der Waals surface area contributed by atoms with Gasteiger partial charge < -0.3 is 26.4 Å². The van der Waals surface area contributed by atoms with Crippen LogP contribution in [0.1, 0.15) is 150 Å². The van der Waals surface area contributed by atoms with Crippen LogP contribution >= 0.6 is 0 Å². The Morgan fingerprint density at radius 3 is 0.617 bits per heavy atom. The third-order valence-electron chi connectivity index (χ3n) is 16.1. The zero-order valence-electron chi connectivity index (χ0n) is 38.3. The van der Waals surface area contributed by atoms with Gasteiger partial charge in [-0.25, -0.2) is 0 Å². The summed E-state index contributed by atoms with van der Waals surface area (Å²) in [6.07, 6.45) is 17.4. The molecule has 0 N–H and O–H groups in total. The largest absolute Gasteiger partial charge is 0.311 e. The topological polar surface area (TPSA) is 26.5 Å². The van der Waals surface area contributed by atoms with E-state index in [4.69, 9.17) is 0 Å². The van der Waals surface area contributed by atoms with E-state index in [0.717, 1.165) is 77.0 Å². The third kappa shape index (κ3) is 3.60. The minimum atomic E-state index is 1.02. The van der Waals surface area contributed by atoms with E-state index >= 15 is 0 Å². The van der Waals surface area contributed by atoms with Gasteiger partial charge in [-0.1, -0.05) is 83.1 Å². The highest BCUT2D eigenvalue weighted by molar-refractivity contribution is 6.29. The molecule has 0 fully saturated rings. The van der Waals surface area contributed by atoms with Gasteiger partial charge in [0, 0.05) is 12.4 Å². The van der Waals surface area contributed by atoms with Crippen molar-refractivity contribution in [1.82, 2.24) is 26.4 Å². The van der Waals surface area contributed by atoms with Crippen molar-refractivity contribution >= 4 is 88.3 Å². The number of aromatic nitrogens is 6. The van der Waals surface area contributed by atoms with Gasteiger partial charge in [0.05, 0.1) is 88.3 Å². The highest BCUT2D eigenvalue weighted by Crippen LogP contribution is 2.53. The lowest BCUT2D eigenvalue weighted by Gasteiger charge is -2.25. The Hall–Kier alpha value is -5.10. The van der Waals surface area contributed by atoms with Crippen LogP contribution in [0.2, 0.25) is 0 Å². The Bertz CT molecular complexity index is 3310. The van der Waals surface area contributed by atoms with Crippen molar-refractivity contribution in [3.8, 4) is 0 Å². The molecular weight excluding hydrogens is 733 g/mol. The Balaban J connectivity index is 1.63. The molecule has 0 amide bonds. The van der Waals surface area contributed by atoms with Gasteiger partial charge in [0.15, 0.2) is 0 Å². The molecule has 0 bridgehead atoms. The zero-order valence-corrected chi connectivity index (χ0v) is 38.3. The summed E-state index contributed by atoms with van der Waals surface area (Å²) < 4.78 is 16.9. The molecule has 0 aliphatic heterocycles. The summed E-state index contributed by atoms with van der Waals surface area (Å²) in [5.74, 6) is 0. The number of benzene rings is 1. The molecule has 0 aliphatic rings. The van der Waals surface area contributed by atoms with Gasteiger partial charge in [-0.3, -0.25) is 0 Å². The first-order chi connectivity index (χ1) is 29.4. The molecule has 1 aromatic carbocycles. The van der Waals surface area contributed by atoms with Crippen molar-refractivity contribution in [2.45, 2.75) is 160 Å². The van der Waals surface area contributed by atoms with Gasteiger partial charge in [0.25, 0.3) is 0 Å². The summed E-state index contributed by atoms with van der Waals surface area (Å²) in [5, 5.41) is 0. The average Bonchev–Trinajstić information content (AvgIpc) is 4.11. The SMILES string of the molecule is CCc1cn2c(c1CC)c1c(CC)c(CC)c3c4c(CC)c(CC)c5c6c(CC)c(CC)c7c8c(CC)c(CC)c9c%10c(CC)c(CC)cn%10c%10c2c(c(c(c%10n98)n76)n45)n13. The minimum Gasteiger partial charge on any atom is -0.311 e. The van der Waals surface area contributed by atoms with Crippen molar-refractivity contribution in [2.75, 3.05) is 0 Å². The van der Waals surface area contributed by atoms with Crippen molar-refractivity contribution in [1.29, 1.82) is 0 Å². The molecule has 6 nitrogen and oxygen atoms in total. The number of hydrogen-bond donors (Lipinski definition) is 0. The second kappa shape index (κ2) is 12.3. The molecule has 0 unspecified atom stereocenters. The van der Waals surface area contributed by atoms with E-state index in [1.54, 1.807) is 44.5 Å². The van der Waals surface area contributed by atoms with Crippen LogP contribution < -0.4 is 0 Å². The zero-order chi connectivity index (χ0) is 41.5. The van der Waals surface area contributed by atoms with Gasteiger partial charge in [-0.15, -0.1) is 0 Å². The van der Waals surface area contributed by atoms with E-state index in [2.05, 4.69) is 122 Å². The quantitative estimate of drug-likeness (QED) is 0.0870. The highest BCUT2D eigenvalue weighted by Gasteiger charge is 2.38. The van der Waals surface area contributed by atoms with Crippen molar-refractivity contribution < 1.29 is 0 Å². The molecule has 0 saturated heterocycles. The Morgan fingerprint density at radius 2 is 0.417 bits per heavy atom. The molecule has 0 spiro atoms. The van der Waals surface area contributed by atoms with Gasteiger partial charge in [-0.05, 0) is 144 Å². The van der Waals surface area contributed by atoms with Crippen molar-refractivity contribution in [3.05, 3.63) is 79.2 Å². The van der Waals surface area contributed by atoms with Crippen molar-refractivity contribution in [2.24, 2.45) is 0 Å². The molecule has 308 valence electrons. The maximum Gasteiger partial charge on any atom is 0.0993 e. The first-order valence-electron chi connectivity index (χ1n) is 24.1. The molecule has 0 aliphatic carbocycles. The molecule has 12 aromatic rings. The van der Waals surface area contributed by atoms with Gasteiger partial charge in [0.1, 0.15) is 0 Å². The van der Waals surface area contributed by atoms with Crippen LogP contribution in [-0.4, -0.2) is 26.4 Å². The predicted molar refractivity (Wildman–Crippen MR) is 257 cm³/mol. The van der Waals surface area contributed by atoms with E-state index in [1.807, 2.05) is 0 Å². The molecule has 6 heteroatoms. The van der Waals surface area contributed by atoms with Crippen LogP contribution in [0.4, 0.5) is 0 Å². The van der Waals surface area contributed by atoms with Crippen molar-refractivity contribution in [3.63, 3.8) is 0 Å². The maximum absolute atomic E-state index is 2.87. The molecule has 11 heterocycles. The summed E-state index contributed by atoms with van der Waals surface area (Å²) in [6, 6.07) is 0. The fraction of sp³-hybridized carbons (Fsp3) is 0.444. The Kier molecular flexibility index (Phi) is 7.51. The molecule has 0 atom stereocenters. The lowest BCUT2D eigenvalue weighted by atomic mass is 9.99. The van der Waals surface area contributed by atoms with Gasteiger partial charge in [0.2, 0.25) is 0 Å². The van der Waals surface area contributed by atoms with Crippen LogP contribution in [0, 0.1) is 0 Å². The molecule has 0 radical (unpaired) electrons. The maximum atomic E-state index is 2.87. The first kappa shape index (κ1) is 36.7. The lowest BCUT2D eigenvalue weighted by molar-refractivity contribution is 1.06. The van der Waals surface area contributed by atoms with E-state index in [0.29, 0.717) is 0 Å². The lowest BCUT2D eigenvalue weighted by Crippen LogP contribution is -2.12. The fourth-order valence-corrected chi connectivity index (χ4v) is 14.0. The van der Waals surface area contributed by atoms with Crippen LogP contribution in [0.5, 0.6) is 0 Å². The Labute approximate surface area is 352 Å². The molecular formula is C54H62N6. The Morgan fingerprint density at radius 1 is 0.217 bits per heavy atom. The number of nitrogens with zero attached hydrogens (tertiary/aromatic N) is 6. The monoisotopic (exact) mass is 795 g/mol. The number of rotatable bonds is 12. The molecule has 0 saturated carbocycles. The highest BCUT2D eigenvalue weighted by atomic mass is 15.1. The number of hydrogen-bond acceptors (Lipinski definition) is 0. The third-order valence-corrected chi connectivity index (χ3v) is 16.1. The normalized spacial score (nSPS) is 13.5. The van der Waals surface area contributed by atoms with E-state index in [9.17, 15) is 0 Å². The molecule has 12 rings (SSSR count). The predicted octanol–water partition coefficient (Wildman–Crippen LogP) is 13.5. The average molecular weight is 795 g/mol. The van der Waals surface area contributed by atoms with E-state index < -0.39 is 0 Å². The van der Waals surface area contributed by atoms with Crippen LogP contribution in [0.3, 0.4) is 0 Å². The number of fused-ring (bicyclic) bond motifs is 10. The molecule has 60 heavy (non-hydrogen) atoms.